The SMILES string of the molecule is COC(=O)c1c(C(F)F)cc([N+](=O)[O-])nc1F. The first-order valence-electron chi connectivity index (χ1n) is 4.09. The number of esters is 1. The van der Waals surface area contributed by atoms with Crippen molar-refractivity contribution in [2.75, 3.05) is 7.11 Å². The Morgan fingerprint density at radius 2 is 2.18 bits per heavy atom. The summed E-state index contributed by atoms with van der Waals surface area (Å²) in [4.78, 5) is 23.0. The predicted octanol–water partition coefficient (Wildman–Crippen LogP) is 1.85. The molecule has 17 heavy (non-hydrogen) atoms. The topological polar surface area (TPSA) is 82.3 Å². The molecule has 0 N–H and O–H groups in total. The van der Waals surface area contributed by atoms with Gasteiger partial charge in [0.2, 0.25) is 0 Å². The zero-order valence-electron chi connectivity index (χ0n) is 8.32. The lowest BCUT2D eigenvalue weighted by Gasteiger charge is -2.05. The number of hydrogen-bond acceptors (Lipinski definition) is 5. The zero-order chi connectivity index (χ0) is 13.2. The minimum atomic E-state index is -3.26. The third-order valence-electron chi connectivity index (χ3n) is 1.80. The highest BCUT2D eigenvalue weighted by atomic mass is 19.3. The number of alkyl halides is 2. The Balaban J connectivity index is 3.49. The van der Waals surface area contributed by atoms with Crippen LogP contribution < -0.4 is 0 Å². The van der Waals surface area contributed by atoms with Gasteiger partial charge in [-0.05, 0) is 9.91 Å². The van der Waals surface area contributed by atoms with Gasteiger partial charge in [0, 0.05) is 11.6 Å². The summed E-state index contributed by atoms with van der Waals surface area (Å²) in [7, 11) is 0.860. The largest absolute Gasteiger partial charge is 0.465 e. The van der Waals surface area contributed by atoms with Crippen molar-refractivity contribution < 1.29 is 27.6 Å². The third-order valence-corrected chi connectivity index (χ3v) is 1.80. The van der Waals surface area contributed by atoms with E-state index in [1.54, 1.807) is 0 Å². The van der Waals surface area contributed by atoms with Gasteiger partial charge in [0.15, 0.2) is 0 Å². The summed E-state index contributed by atoms with van der Waals surface area (Å²) in [5.41, 5.74) is -2.23. The highest BCUT2D eigenvalue weighted by molar-refractivity contribution is 5.91. The molecule has 1 heterocycles. The van der Waals surface area contributed by atoms with Gasteiger partial charge < -0.3 is 14.9 Å². The average Bonchev–Trinajstić information content (AvgIpc) is 2.26. The fourth-order valence-corrected chi connectivity index (χ4v) is 1.09. The van der Waals surface area contributed by atoms with Crippen LogP contribution in [0.5, 0.6) is 0 Å². The second-order valence-electron chi connectivity index (χ2n) is 2.78. The van der Waals surface area contributed by atoms with Gasteiger partial charge in [0.05, 0.1) is 7.11 Å². The molecule has 0 aliphatic carbocycles. The van der Waals surface area contributed by atoms with E-state index in [0.717, 1.165) is 7.11 Å². The average molecular weight is 250 g/mol. The van der Waals surface area contributed by atoms with Crippen LogP contribution in [0, 0.1) is 16.1 Å². The Morgan fingerprint density at radius 1 is 1.59 bits per heavy atom. The zero-order valence-corrected chi connectivity index (χ0v) is 8.32. The van der Waals surface area contributed by atoms with Crippen molar-refractivity contribution in [1.29, 1.82) is 0 Å². The van der Waals surface area contributed by atoms with Gasteiger partial charge in [0.1, 0.15) is 5.56 Å². The molecule has 1 rings (SSSR count). The van der Waals surface area contributed by atoms with E-state index >= 15 is 0 Å². The molecular formula is C8H5F3N2O4. The molecule has 0 aliphatic heterocycles. The van der Waals surface area contributed by atoms with E-state index in [4.69, 9.17) is 0 Å². The predicted molar refractivity (Wildman–Crippen MR) is 47.1 cm³/mol. The number of ether oxygens (including phenoxy) is 1. The minimum absolute atomic E-state index is 0.333. The molecule has 9 heteroatoms. The monoisotopic (exact) mass is 250 g/mol. The minimum Gasteiger partial charge on any atom is -0.465 e. The van der Waals surface area contributed by atoms with E-state index < -0.39 is 40.2 Å². The molecule has 0 saturated carbocycles. The molecule has 6 nitrogen and oxygen atoms in total. The van der Waals surface area contributed by atoms with E-state index in [0.29, 0.717) is 6.07 Å². The molecule has 0 aromatic carbocycles. The summed E-state index contributed by atoms with van der Waals surface area (Å²) in [5, 5.41) is 10.3. The number of methoxy groups -OCH3 is 1. The number of carbonyl (C=O) groups is 1. The number of hydrogen-bond donors (Lipinski definition) is 0. The van der Waals surface area contributed by atoms with Crippen molar-refractivity contribution in [2.24, 2.45) is 0 Å². The van der Waals surface area contributed by atoms with Crippen LogP contribution in [0.4, 0.5) is 19.0 Å². The maximum Gasteiger partial charge on any atom is 0.367 e. The molecule has 0 amide bonds. The van der Waals surface area contributed by atoms with Crippen LogP contribution in [-0.4, -0.2) is 23.0 Å². The van der Waals surface area contributed by atoms with Crippen molar-refractivity contribution in [2.45, 2.75) is 6.43 Å². The summed E-state index contributed by atoms with van der Waals surface area (Å²) in [5.74, 6) is -4.15. The second-order valence-corrected chi connectivity index (χ2v) is 2.78. The fraction of sp³-hybridized carbons (Fsp3) is 0.250. The van der Waals surface area contributed by atoms with Crippen molar-refractivity contribution in [1.82, 2.24) is 4.98 Å². The first-order valence-corrected chi connectivity index (χ1v) is 4.09. The van der Waals surface area contributed by atoms with E-state index in [2.05, 4.69) is 9.72 Å². The normalized spacial score (nSPS) is 10.4. The maximum absolute atomic E-state index is 13.2. The standard InChI is InChI=1S/C8H5F3N2O4/c1-17-8(14)5-3(6(9)10)2-4(13(15)16)12-7(5)11/h2,6H,1H3. The fourth-order valence-electron chi connectivity index (χ4n) is 1.09. The van der Waals surface area contributed by atoms with Crippen molar-refractivity contribution in [3.05, 3.63) is 33.3 Å². The van der Waals surface area contributed by atoms with Gasteiger partial charge >= 0.3 is 17.7 Å². The van der Waals surface area contributed by atoms with Crippen LogP contribution in [0.15, 0.2) is 6.07 Å². The van der Waals surface area contributed by atoms with Gasteiger partial charge in [-0.2, -0.15) is 4.39 Å². The first kappa shape index (κ1) is 12.9. The molecule has 92 valence electrons. The van der Waals surface area contributed by atoms with Gasteiger partial charge in [0.25, 0.3) is 6.43 Å². The Kier molecular flexibility index (Phi) is 3.61. The number of carbonyl (C=O) groups excluding carboxylic acids is 1. The van der Waals surface area contributed by atoms with E-state index in [1.807, 2.05) is 0 Å². The number of halogens is 3. The highest BCUT2D eigenvalue weighted by Crippen LogP contribution is 2.27. The van der Waals surface area contributed by atoms with Crippen LogP contribution in [0.25, 0.3) is 0 Å². The van der Waals surface area contributed by atoms with Crippen LogP contribution in [0.2, 0.25) is 0 Å². The molecule has 0 radical (unpaired) electrons. The van der Waals surface area contributed by atoms with Gasteiger partial charge in [-0.1, -0.05) is 0 Å². The first-order chi connectivity index (χ1) is 7.88. The van der Waals surface area contributed by atoms with E-state index in [1.165, 1.54) is 0 Å². The molecule has 0 saturated heterocycles. The Bertz CT molecular complexity index is 478. The Labute approximate surface area is 92.2 Å². The molecule has 1 aromatic heterocycles. The third kappa shape index (κ3) is 2.49. The molecule has 1 aromatic rings. The van der Waals surface area contributed by atoms with E-state index in [9.17, 15) is 28.1 Å². The number of rotatable bonds is 3. The number of nitro groups is 1. The quantitative estimate of drug-likeness (QED) is 0.354. The summed E-state index contributed by atoms with van der Waals surface area (Å²) in [6.07, 6.45) is -3.26. The maximum atomic E-state index is 13.2. The number of pyridine rings is 1. The van der Waals surface area contributed by atoms with Crippen molar-refractivity contribution in [3.63, 3.8) is 0 Å². The smallest absolute Gasteiger partial charge is 0.367 e. The molecule has 0 unspecified atom stereocenters. The number of aromatic nitrogens is 1. The summed E-state index contributed by atoms with van der Waals surface area (Å²) in [6.45, 7) is 0. The molecule has 0 atom stereocenters. The van der Waals surface area contributed by atoms with Crippen LogP contribution >= 0.6 is 0 Å². The second kappa shape index (κ2) is 4.76. The molecule has 0 aliphatic rings. The molecule has 0 bridgehead atoms. The molecule has 0 spiro atoms. The summed E-state index contributed by atoms with van der Waals surface area (Å²) in [6, 6.07) is 0.333. The number of nitrogens with zero attached hydrogens (tertiary/aromatic N) is 2. The van der Waals surface area contributed by atoms with Crippen LogP contribution in [-0.2, 0) is 4.74 Å². The summed E-state index contributed by atoms with van der Waals surface area (Å²) < 4.78 is 42.4. The highest BCUT2D eigenvalue weighted by Gasteiger charge is 2.30. The van der Waals surface area contributed by atoms with Crippen molar-refractivity contribution >= 4 is 11.8 Å². The lowest BCUT2D eigenvalue weighted by Crippen LogP contribution is -2.12. The van der Waals surface area contributed by atoms with Crippen LogP contribution in [0.1, 0.15) is 22.3 Å². The van der Waals surface area contributed by atoms with Gasteiger partial charge in [-0.3, -0.25) is 0 Å². The van der Waals surface area contributed by atoms with Gasteiger partial charge in [-0.25, -0.2) is 13.6 Å². The molecule has 0 fully saturated rings. The van der Waals surface area contributed by atoms with Crippen molar-refractivity contribution in [3.8, 4) is 0 Å². The Hall–Kier alpha value is -2.19. The lowest BCUT2D eigenvalue weighted by molar-refractivity contribution is -0.390. The van der Waals surface area contributed by atoms with Crippen LogP contribution in [0.3, 0.4) is 0 Å². The lowest BCUT2D eigenvalue weighted by atomic mass is 10.1. The molecular weight excluding hydrogens is 245 g/mol. The Morgan fingerprint density at radius 3 is 2.59 bits per heavy atom. The van der Waals surface area contributed by atoms with E-state index in [-0.39, 0.29) is 0 Å². The van der Waals surface area contributed by atoms with Gasteiger partial charge in [-0.15, -0.1) is 0 Å². The summed E-state index contributed by atoms with van der Waals surface area (Å²) >= 11 is 0.